The summed E-state index contributed by atoms with van der Waals surface area (Å²) in [6.45, 7) is 0.350. The van der Waals surface area contributed by atoms with Crippen LogP contribution in [0, 0.1) is 0 Å². The molecular weight excluding hydrogens is 291 g/mol. The predicted octanol–water partition coefficient (Wildman–Crippen LogP) is 2.03. The summed E-state index contributed by atoms with van der Waals surface area (Å²) in [5.74, 6) is -0.669. The molecule has 1 rings (SSSR count). The number of benzene rings is 1. The van der Waals surface area contributed by atoms with Gasteiger partial charge in [0.15, 0.2) is 0 Å². The molecule has 2 amide bonds. The van der Waals surface area contributed by atoms with Gasteiger partial charge in [-0.3, -0.25) is 9.59 Å². The molecule has 0 fully saturated rings. The summed E-state index contributed by atoms with van der Waals surface area (Å²) < 4.78 is 5.06. The first-order valence-corrected chi connectivity index (χ1v) is 6.48. The van der Waals surface area contributed by atoms with Crippen molar-refractivity contribution in [3.05, 3.63) is 23.2 Å². The maximum Gasteiger partial charge on any atom is 0.313 e. The van der Waals surface area contributed by atoms with Crippen molar-refractivity contribution in [2.75, 3.05) is 24.9 Å². The Labute approximate surface area is 121 Å². The first kappa shape index (κ1) is 15.6. The summed E-state index contributed by atoms with van der Waals surface area (Å²) in [5, 5.41) is 5.31. The van der Waals surface area contributed by atoms with E-state index in [1.54, 1.807) is 12.1 Å². The summed E-state index contributed by atoms with van der Waals surface area (Å²) in [5.41, 5.74) is 0.340. The molecule has 0 atom stereocenters. The number of anilines is 1. The third-order valence-electron chi connectivity index (χ3n) is 2.21. The fourth-order valence-electron chi connectivity index (χ4n) is 1.31. The number of halogens is 2. The molecular formula is C12H14Cl2N2O3. The first-order chi connectivity index (χ1) is 9.08. The maximum absolute atomic E-state index is 11.6. The Hall–Kier alpha value is -1.46. The van der Waals surface area contributed by atoms with Crippen LogP contribution < -0.4 is 15.4 Å². The summed E-state index contributed by atoms with van der Waals surface area (Å²) in [7, 11) is 1.46. The van der Waals surface area contributed by atoms with Crippen LogP contribution in [0.3, 0.4) is 0 Å². The van der Waals surface area contributed by atoms with Gasteiger partial charge in [0.2, 0.25) is 0 Å². The van der Waals surface area contributed by atoms with Gasteiger partial charge in [0.1, 0.15) is 5.75 Å². The average Bonchev–Trinajstić information content (AvgIpc) is 2.39. The number of ether oxygens (including phenoxy) is 1. The zero-order chi connectivity index (χ0) is 14.3. The lowest BCUT2D eigenvalue weighted by molar-refractivity contribution is -0.136. The van der Waals surface area contributed by atoms with Crippen LogP contribution in [-0.2, 0) is 9.59 Å². The number of hydrogen-bond acceptors (Lipinski definition) is 3. The second-order valence-electron chi connectivity index (χ2n) is 3.60. The summed E-state index contributed by atoms with van der Waals surface area (Å²) in [6, 6.07) is 4.73. The number of carbonyl (C=O) groups excluding carboxylic acids is 2. The van der Waals surface area contributed by atoms with Crippen molar-refractivity contribution in [1.29, 1.82) is 0 Å². The van der Waals surface area contributed by atoms with Crippen molar-refractivity contribution in [1.82, 2.24) is 5.32 Å². The molecule has 1 aromatic rings. The van der Waals surface area contributed by atoms with Crippen LogP contribution in [-0.4, -0.2) is 31.3 Å². The Morgan fingerprint density at radius 1 is 1.32 bits per heavy atom. The van der Waals surface area contributed by atoms with E-state index in [1.165, 1.54) is 13.2 Å². The minimum absolute atomic E-state index is 0.340. The Morgan fingerprint density at radius 2 is 2.05 bits per heavy atom. The van der Waals surface area contributed by atoms with Gasteiger partial charge < -0.3 is 15.4 Å². The van der Waals surface area contributed by atoms with E-state index in [0.29, 0.717) is 35.3 Å². The van der Waals surface area contributed by atoms with E-state index in [4.69, 9.17) is 27.9 Å². The van der Waals surface area contributed by atoms with Crippen LogP contribution in [0.1, 0.15) is 6.42 Å². The molecule has 0 bridgehead atoms. The minimum Gasteiger partial charge on any atom is -0.495 e. The van der Waals surface area contributed by atoms with Crippen LogP contribution in [0.25, 0.3) is 0 Å². The normalized spacial score (nSPS) is 9.84. The Kier molecular flexibility index (Phi) is 6.45. The number of methoxy groups -OCH3 is 1. The SMILES string of the molecule is COc1ccc(Cl)cc1NC(=O)C(=O)NCCCCl. The molecule has 7 heteroatoms. The maximum atomic E-state index is 11.6. The molecule has 2 N–H and O–H groups in total. The number of nitrogens with one attached hydrogen (secondary N) is 2. The molecule has 0 aliphatic rings. The molecule has 0 aliphatic heterocycles. The van der Waals surface area contributed by atoms with Crippen molar-refractivity contribution in [3.8, 4) is 5.75 Å². The van der Waals surface area contributed by atoms with Crippen LogP contribution in [0.5, 0.6) is 5.75 Å². The molecule has 0 spiro atoms. The third-order valence-corrected chi connectivity index (χ3v) is 2.71. The van der Waals surface area contributed by atoms with Gasteiger partial charge in [-0.25, -0.2) is 0 Å². The first-order valence-electron chi connectivity index (χ1n) is 5.57. The molecule has 1 aromatic carbocycles. The van der Waals surface area contributed by atoms with Gasteiger partial charge in [-0.15, -0.1) is 11.6 Å². The Bertz CT molecular complexity index is 466. The second-order valence-corrected chi connectivity index (χ2v) is 4.41. The van der Waals surface area contributed by atoms with Crippen LogP contribution in [0.4, 0.5) is 5.69 Å². The summed E-state index contributed by atoms with van der Waals surface area (Å²) in [4.78, 5) is 23.1. The number of rotatable bonds is 5. The van der Waals surface area contributed by atoms with E-state index in [0.717, 1.165) is 0 Å². The zero-order valence-corrected chi connectivity index (χ0v) is 11.8. The topological polar surface area (TPSA) is 67.4 Å². The highest BCUT2D eigenvalue weighted by Gasteiger charge is 2.15. The lowest BCUT2D eigenvalue weighted by Crippen LogP contribution is -2.36. The molecule has 19 heavy (non-hydrogen) atoms. The summed E-state index contributed by atoms with van der Waals surface area (Å²) >= 11 is 11.3. The van der Waals surface area contributed by atoms with E-state index in [1.807, 2.05) is 0 Å². The van der Waals surface area contributed by atoms with Crippen molar-refractivity contribution < 1.29 is 14.3 Å². The molecule has 5 nitrogen and oxygen atoms in total. The largest absolute Gasteiger partial charge is 0.495 e. The van der Waals surface area contributed by atoms with E-state index < -0.39 is 11.8 Å². The molecule has 0 radical (unpaired) electrons. The van der Waals surface area contributed by atoms with Gasteiger partial charge in [0.25, 0.3) is 0 Å². The molecule has 0 aliphatic carbocycles. The van der Waals surface area contributed by atoms with Gasteiger partial charge in [-0.1, -0.05) is 11.6 Å². The van der Waals surface area contributed by atoms with Gasteiger partial charge >= 0.3 is 11.8 Å². The highest BCUT2D eigenvalue weighted by molar-refractivity contribution is 6.40. The van der Waals surface area contributed by atoms with Gasteiger partial charge in [0.05, 0.1) is 12.8 Å². The molecule has 0 saturated carbocycles. The Balaban J connectivity index is 2.65. The van der Waals surface area contributed by atoms with Crippen LogP contribution in [0.2, 0.25) is 5.02 Å². The number of amides is 2. The monoisotopic (exact) mass is 304 g/mol. The highest BCUT2D eigenvalue weighted by atomic mass is 35.5. The smallest absolute Gasteiger partial charge is 0.313 e. The number of hydrogen-bond donors (Lipinski definition) is 2. The van der Waals surface area contributed by atoms with Crippen molar-refractivity contribution in [2.24, 2.45) is 0 Å². The molecule has 0 aromatic heterocycles. The van der Waals surface area contributed by atoms with Crippen LogP contribution >= 0.6 is 23.2 Å². The molecule has 0 heterocycles. The fourth-order valence-corrected chi connectivity index (χ4v) is 1.61. The van der Waals surface area contributed by atoms with Crippen molar-refractivity contribution in [2.45, 2.75) is 6.42 Å². The molecule has 0 saturated heterocycles. The second kappa shape index (κ2) is 7.86. The third kappa shape index (κ3) is 4.96. The van der Waals surface area contributed by atoms with Gasteiger partial charge in [-0.05, 0) is 24.6 Å². The standard InChI is InChI=1S/C12H14Cl2N2O3/c1-19-10-4-3-8(14)7-9(10)16-12(18)11(17)15-6-2-5-13/h3-4,7H,2,5-6H2,1H3,(H,15,17)(H,16,18). The van der Waals surface area contributed by atoms with Crippen LogP contribution in [0.15, 0.2) is 18.2 Å². The minimum atomic E-state index is -0.782. The lowest BCUT2D eigenvalue weighted by Gasteiger charge is -2.10. The van der Waals surface area contributed by atoms with Crippen molar-refractivity contribution >= 4 is 40.7 Å². The molecule has 104 valence electrons. The Morgan fingerprint density at radius 3 is 2.68 bits per heavy atom. The zero-order valence-electron chi connectivity index (χ0n) is 10.3. The highest BCUT2D eigenvalue weighted by Crippen LogP contribution is 2.27. The predicted molar refractivity (Wildman–Crippen MR) is 75.0 cm³/mol. The summed E-state index contributed by atoms with van der Waals surface area (Å²) in [6.07, 6.45) is 0.598. The van der Waals surface area contributed by atoms with Gasteiger partial charge in [-0.2, -0.15) is 0 Å². The number of carbonyl (C=O) groups is 2. The quantitative estimate of drug-likeness (QED) is 0.497. The van der Waals surface area contributed by atoms with Crippen molar-refractivity contribution in [3.63, 3.8) is 0 Å². The average molecular weight is 305 g/mol. The van der Waals surface area contributed by atoms with E-state index in [9.17, 15) is 9.59 Å². The molecule has 0 unspecified atom stereocenters. The van der Waals surface area contributed by atoms with E-state index >= 15 is 0 Å². The van der Waals surface area contributed by atoms with Gasteiger partial charge in [0, 0.05) is 17.4 Å². The number of alkyl halides is 1. The van der Waals surface area contributed by atoms with E-state index in [2.05, 4.69) is 10.6 Å². The fraction of sp³-hybridized carbons (Fsp3) is 0.333. The van der Waals surface area contributed by atoms with E-state index in [-0.39, 0.29) is 0 Å². The lowest BCUT2D eigenvalue weighted by atomic mass is 10.3.